The summed E-state index contributed by atoms with van der Waals surface area (Å²) >= 11 is 0. The largest absolute Gasteiger partial charge is 0.351 e. The van der Waals surface area contributed by atoms with Crippen LogP contribution in [0.3, 0.4) is 0 Å². The second-order valence-electron chi connectivity index (χ2n) is 6.80. The van der Waals surface area contributed by atoms with Crippen LogP contribution in [0, 0.1) is 11.8 Å². The van der Waals surface area contributed by atoms with E-state index in [1.807, 2.05) is 0 Å². The lowest BCUT2D eigenvalue weighted by atomic mass is 9.93. The number of hydrogen-bond donors (Lipinski definition) is 3. The van der Waals surface area contributed by atoms with Gasteiger partial charge in [-0.3, -0.25) is 15.4 Å². The van der Waals surface area contributed by atoms with Crippen molar-refractivity contribution in [3.8, 4) is 0 Å². The molecule has 5 nitrogen and oxygen atoms in total. The van der Waals surface area contributed by atoms with Crippen LogP contribution in [0.2, 0.25) is 0 Å². The van der Waals surface area contributed by atoms with Gasteiger partial charge in [-0.15, -0.1) is 0 Å². The number of hydrogen-bond acceptors (Lipinski definition) is 3. The molecule has 0 bridgehead atoms. The number of primary amides is 1. The normalized spacial score (nSPS) is 13.9. The van der Waals surface area contributed by atoms with E-state index >= 15 is 0 Å². The quantitative estimate of drug-likeness (QED) is 0.722. The van der Waals surface area contributed by atoms with E-state index in [0.717, 1.165) is 12.0 Å². The molecule has 0 aliphatic carbocycles. The van der Waals surface area contributed by atoms with Gasteiger partial charge in [-0.2, -0.15) is 0 Å². The summed E-state index contributed by atoms with van der Waals surface area (Å²) in [6, 6.07) is 7.17. The Kier molecular flexibility index (Phi) is 7.23. The van der Waals surface area contributed by atoms with Crippen LogP contribution in [-0.2, 0) is 11.2 Å². The Labute approximate surface area is 139 Å². The van der Waals surface area contributed by atoms with E-state index in [0.29, 0.717) is 11.8 Å². The van der Waals surface area contributed by atoms with Gasteiger partial charge in [-0.05, 0) is 36.3 Å². The summed E-state index contributed by atoms with van der Waals surface area (Å²) in [7, 11) is 0. The van der Waals surface area contributed by atoms with Crippen molar-refractivity contribution in [2.75, 3.05) is 0 Å². The summed E-state index contributed by atoms with van der Waals surface area (Å²) in [5.41, 5.74) is 7.43. The van der Waals surface area contributed by atoms with Gasteiger partial charge in [0.15, 0.2) is 0 Å². The standard InChI is InChI=1S/C18H29N3O2/c1-11(2)10-14-6-8-15(9-7-14)16(12(3)4)20-13(5)17(22)21-18(19)23/h6-9,11-13,16,20H,10H2,1-5H3,(H3,19,21,22,23)/t13-,16-/m0/s1. The van der Waals surface area contributed by atoms with Crippen LogP contribution >= 0.6 is 0 Å². The summed E-state index contributed by atoms with van der Waals surface area (Å²) in [5, 5.41) is 5.38. The molecule has 0 saturated carbocycles. The number of nitrogens with one attached hydrogen (secondary N) is 2. The minimum atomic E-state index is -0.831. The molecule has 0 saturated heterocycles. The second-order valence-corrected chi connectivity index (χ2v) is 6.80. The van der Waals surface area contributed by atoms with E-state index in [4.69, 9.17) is 5.73 Å². The molecule has 0 aliphatic heterocycles. The number of benzene rings is 1. The number of urea groups is 1. The highest BCUT2D eigenvalue weighted by Gasteiger charge is 2.22. The third-order valence-electron chi connectivity index (χ3n) is 3.72. The van der Waals surface area contributed by atoms with E-state index < -0.39 is 18.0 Å². The Hall–Kier alpha value is -1.88. The van der Waals surface area contributed by atoms with Gasteiger partial charge in [0.2, 0.25) is 5.91 Å². The maximum atomic E-state index is 11.8. The highest BCUT2D eigenvalue weighted by Crippen LogP contribution is 2.23. The van der Waals surface area contributed by atoms with Crippen LogP contribution in [-0.4, -0.2) is 18.0 Å². The maximum absolute atomic E-state index is 11.8. The second kappa shape index (κ2) is 8.67. The van der Waals surface area contributed by atoms with Gasteiger partial charge in [0.1, 0.15) is 0 Å². The average molecular weight is 319 g/mol. The first-order chi connectivity index (χ1) is 10.7. The summed E-state index contributed by atoms with van der Waals surface area (Å²) in [4.78, 5) is 22.6. The summed E-state index contributed by atoms with van der Waals surface area (Å²) in [6.45, 7) is 10.3. The maximum Gasteiger partial charge on any atom is 0.318 e. The Morgan fingerprint density at radius 1 is 1.04 bits per heavy atom. The molecule has 4 N–H and O–H groups in total. The predicted octanol–water partition coefficient (Wildman–Crippen LogP) is 2.76. The van der Waals surface area contributed by atoms with Gasteiger partial charge < -0.3 is 5.73 Å². The van der Waals surface area contributed by atoms with Crippen molar-refractivity contribution in [2.24, 2.45) is 17.6 Å². The first-order valence-corrected chi connectivity index (χ1v) is 8.15. The van der Waals surface area contributed by atoms with E-state index in [9.17, 15) is 9.59 Å². The lowest BCUT2D eigenvalue weighted by Crippen LogP contribution is -2.48. The monoisotopic (exact) mass is 319 g/mol. The lowest BCUT2D eigenvalue weighted by Gasteiger charge is -2.26. The molecular weight excluding hydrogens is 290 g/mol. The smallest absolute Gasteiger partial charge is 0.318 e. The number of carbonyl (C=O) groups excluding carboxylic acids is 2. The van der Waals surface area contributed by atoms with E-state index in [1.165, 1.54) is 5.56 Å². The molecule has 1 aromatic rings. The van der Waals surface area contributed by atoms with Gasteiger partial charge in [-0.25, -0.2) is 4.79 Å². The topological polar surface area (TPSA) is 84.2 Å². The minimum absolute atomic E-state index is 0.0247. The SMILES string of the molecule is CC(C)Cc1ccc([C@@H](N[C@@H](C)C(=O)NC(N)=O)C(C)C)cc1. The van der Waals surface area contributed by atoms with Gasteiger partial charge in [0.05, 0.1) is 6.04 Å². The number of rotatable bonds is 7. The van der Waals surface area contributed by atoms with Gasteiger partial charge in [0, 0.05) is 6.04 Å². The van der Waals surface area contributed by atoms with Crippen molar-refractivity contribution in [2.45, 2.75) is 53.1 Å². The molecule has 1 rings (SSSR count). The molecule has 0 heterocycles. The fourth-order valence-electron chi connectivity index (χ4n) is 2.58. The van der Waals surface area contributed by atoms with Crippen molar-refractivity contribution in [3.05, 3.63) is 35.4 Å². The summed E-state index contributed by atoms with van der Waals surface area (Å²) < 4.78 is 0. The Morgan fingerprint density at radius 3 is 2.04 bits per heavy atom. The van der Waals surface area contributed by atoms with Crippen molar-refractivity contribution in [1.82, 2.24) is 10.6 Å². The Morgan fingerprint density at radius 2 is 1.61 bits per heavy atom. The molecule has 0 unspecified atom stereocenters. The van der Waals surface area contributed by atoms with Crippen molar-refractivity contribution in [1.29, 1.82) is 0 Å². The van der Waals surface area contributed by atoms with Crippen LogP contribution < -0.4 is 16.4 Å². The van der Waals surface area contributed by atoms with Crippen molar-refractivity contribution in [3.63, 3.8) is 0 Å². The average Bonchev–Trinajstić information content (AvgIpc) is 2.43. The summed E-state index contributed by atoms with van der Waals surface area (Å²) in [5.74, 6) is 0.506. The number of amides is 3. The zero-order valence-corrected chi connectivity index (χ0v) is 14.7. The molecule has 0 radical (unpaired) electrons. The zero-order valence-electron chi connectivity index (χ0n) is 14.7. The first kappa shape index (κ1) is 19.2. The number of nitrogens with two attached hydrogens (primary N) is 1. The fraction of sp³-hybridized carbons (Fsp3) is 0.556. The highest BCUT2D eigenvalue weighted by molar-refractivity contribution is 5.96. The van der Waals surface area contributed by atoms with Gasteiger partial charge in [-0.1, -0.05) is 52.0 Å². The summed E-state index contributed by atoms with van der Waals surface area (Å²) in [6.07, 6.45) is 1.05. The molecule has 0 aromatic heterocycles. The molecule has 0 spiro atoms. The molecular formula is C18H29N3O2. The van der Waals surface area contributed by atoms with Gasteiger partial charge in [0.25, 0.3) is 0 Å². The third kappa shape index (κ3) is 6.40. The highest BCUT2D eigenvalue weighted by atomic mass is 16.2. The van der Waals surface area contributed by atoms with Crippen molar-refractivity contribution >= 4 is 11.9 Å². The van der Waals surface area contributed by atoms with E-state index in [1.54, 1.807) is 6.92 Å². The number of carbonyl (C=O) groups is 2. The third-order valence-corrected chi connectivity index (χ3v) is 3.72. The molecule has 5 heteroatoms. The lowest BCUT2D eigenvalue weighted by molar-refractivity contribution is -0.121. The predicted molar refractivity (Wildman–Crippen MR) is 92.9 cm³/mol. The Bertz CT molecular complexity index is 524. The van der Waals surface area contributed by atoms with Crippen LogP contribution in [0.5, 0.6) is 0 Å². The molecule has 23 heavy (non-hydrogen) atoms. The van der Waals surface area contributed by atoms with E-state index in [-0.39, 0.29) is 6.04 Å². The van der Waals surface area contributed by atoms with Crippen LogP contribution in [0.25, 0.3) is 0 Å². The first-order valence-electron chi connectivity index (χ1n) is 8.15. The van der Waals surface area contributed by atoms with Gasteiger partial charge >= 0.3 is 6.03 Å². The molecule has 3 amide bonds. The molecule has 128 valence electrons. The molecule has 0 fully saturated rings. The fourth-order valence-corrected chi connectivity index (χ4v) is 2.58. The minimum Gasteiger partial charge on any atom is -0.351 e. The number of imide groups is 1. The van der Waals surface area contributed by atoms with Crippen LogP contribution in [0.4, 0.5) is 4.79 Å². The van der Waals surface area contributed by atoms with Crippen LogP contribution in [0.1, 0.15) is 51.8 Å². The van der Waals surface area contributed by atoms with Crippen LogP contribution in [0.15, 0.2) is 24.3 Å². The molecule has 1 aromatic carbocycles. The Balaban J connectivity index is 2.82. The molecule has 0 aliphatic rings. The molecule has 2 atom stereocenters. The van der Waals surface area contributed by atoms with Crippen molar-refractivity contribution < 1.29 is 9.59 Å². The van der Waals surface area contributed by atoms with E-state index in [2.05, 4.69) is 62.6 Å². The zero-order chi connectivity index (χ0) is 17.6.